The summed E-state index contributed by atoms with van der Waals surface area (Å²) in [6.07, 6.45) is 4.95. The Bertz CT molecular complexity index is 610. The predicted molar refractivity (Wildman–Crippen MR) is 79.3 cm³/mol. The molecule has 1 atom stereocenters. The van der Waals surface area contributed by atoms with Crippen molar-refractivity contribution in [1.29, 1.82) is 0 Å². The summed E-state index contributed by atoms with van der Waals surface area (Å²) in [5.41, 5.74) is 4.18. The van der Waals surface area contributed by atoms with Crippen LogP contribution in [0.25, 0.3) is 0 Å². The van der Waals surface area contributed by atoms with Gasteiger partial charge in [0.25, 0.3) is 0 Å². The Balaban J connectivity index is 1.78. The summed E-state index contributed by atoms with van der Waals surface area (Å²) in [6.45, 7) is 2.08. The zero-order valence-electron chi connectivity index (χ0n) is 11.7. The third kappa shape index (κ3) is 2.82. The van der Waals surface area contributed by atoms with E-state index in [-0.39, 0.29) is 6.04 Å². The van der Waals surface area contributed by atoms with Crippen LogP contribution in [0.2, 0.25) is 0 Å². The highest BCUT2D eigenvalue weighted by atomic mass is 19.1. The van der Waals surface area contributed by atoms with Crippen molar-refractivity contribution >= 4 is 5.82 Å². The molecule has 0 amide bonds. The van der Waals surface area contributed by atoms with Gasteiger partial charge in [-0.1, -0.05) is 24.3 Å². The zero-order chi connectivity index (χ0) is 13.9. The van der Waals surface area contributed by atoms with E-state index < -0.39 is 5.95 Å². The molecule has 20 heavy (non-hydrogen) atoms. The van der Waals surface area contributed by atoms with Crippen LogP contribution < -0.4 is 5.32 Å². The normalized spacial score (nSPS) is 15.5. The van der Waals surface area contributed by atoms with Crippen LogP contribution in [0.4, 0.5) is 10.2 Å². The molecule has 1 aromatic heterocycles. The number of hydrogen-bond donors (Lipinski definition) is 1. The maximum Gasteiger partial charge on any atom is 0.214 e. The Morgan fingerprint density at radius 1 is 1.10 bits per heavy atom. The SMILES string of the molecule is CC(Nc1cccc(F)n1)c1ccc2c(c1)CCCC2. The average molecular weight is 270 g/mol. The van der Waals surface area contributed by atoms with Crippen molar-refractivity contribution in [3.63, 3.8) is 0 Å². The Hall–Kier alpha value is -1.90. The Labute approximate surface area is 119 Å². The molecule has 0 spiro atoms. The topological polar surface area (TPSA) is 24.9 Å². The van der Waals surface area contributed by atoms with Gasteiger partial charge in [-0.15, -0.1) is 0 Å². The number of anilines is 1. The lowest BCUT2D eigenvalue weighted by atomic mass is 9.89. The van der Waals surface area contributed by atoms with Gasteiger partial charge in [0.05, 0.1) is 0 Å². The number of rotatable bonds is 3. The second kappa shape index (κ2) is 5.61. The van der Waals surface area contributed by atoms with Crippen LogP contribution in [0.3, 0.4) is 0 Å². The first-order valence-corrected chi connectivity index (χ1v) is 7.23. The summed E-state index contributed by atoms with van der Waals surface area (Å²) in [6, 6.07) is 11.6. The van der Waals surface area contributed by atoms with Crippen LogP contribution >= 0.6 is 0 Å². The molecule has 1 N–H and O–H groups in total. The van der Waals surface area contributed by atoms with Crippen molar-refractivity contribution in [1.82, 2.24) is 4.98 Å². The van der Waals surface area contributed by atoms with Crippen LogP contribution in [0.15, 0.2) is 36.4 Å². The molecule has 0 radical (unpaired) electrons. The van der Waals surface area contributed by atoms with Crippen molar-refractivity contribution < 1.29 is 4.39 Å². The van der Waals surface area contributed by atoms with Crippen LogP contribution in [-0.2, 0) is 12.8 Å². The molecule has 0 aliphatic heterocycles. The van der Waals surface area contributed by atoms with E-state index in [0.29, 0.717) is 5.82 Å². The molecule has 2 nitrogen and oxygen atoms in total. The lowest BCUT2D eigenvalue weighted by molar-refractivity contribution is 0.584. The van der Waals surface area contributed by atoms with Gasteiger partial charge in [-0.2, -0.15) is 4.39 Å². The molecule has 1 unspecified atom stereocenters. The number of aromatic nitrogens is 1. The van der Waals surface area contributed by atoms with Gasteiger partial charge < -0.3 is 5.32 Å². The summed E-state index contributed by atoms with van der Waals surface area (Å²) >= 11 is 0. The molecular weight excluding hydrogens is 251 g/mol. The van der Waals surface area contributed by atoms with E-state index in [1.807, 2.05) is 0 Å². The quantitative estimate of drug-likeness (QED) is 0.842. The highest BCUT2D eigenvalue weighted by Gasteiger charge is 2.12. The third-order valence-corrected chi connectivity index (χ3v) is 3.95. The number of pyridine rings is 1. The lowest BCUT2D eigenvalue weighted by Crippen LogP contribution is -2.10. The maximum atomic E-state index is 13.1. The molecule has 0 saturated heterocycles. The first-order chi connectivity index (χ1) is 9.72. The summed E-state index contributed by atoms with van der Waals surface area (Å²) in [7, 11) is 0. The minimum absolute atomic E-state index is 0.122. The molecule has 104 valence electrons. The summed E-state index contributed by atoms with van der Waals surface area (Å²) in [5, 5.41) is 3.25. The van der Waals surface area contributed by atoms with Gasteiger partial charge in [0.2, 0.25) is 5.95 Å². The van der Waals surface area contributed by atoms with Crippen molar-refractivity contribution in [2.24, 2.45) is 0 Å². The smallest absolute Gasteiger partial charge is 0.214 e. The average Bonchev–Trinajstić information content (AvgIpc) is 2.47. The summed E-state index contributed by atoms with van der Waals surface area (Å²) in [4.78, 5) is 3.85. The molecule has 1 aromatic carbocycles. The highest BCUT2D eigenvalue weighted by Crippen LogP contribution is 2.26. The number of halogens is 1. The first-order valence-electron chi connectivity index (χ1n) is 7.23. The standard InChI is InChI=1S/C17H19FN2/c1-12(19-17-8-4-7-16(18)20-17)14-10-9-13-5-2-3-6-15(13)11-14/h4,7-12H,2-3,5-6H2,1H3,(H,19,20). The molecule has 1 heterocycles. The summed E-state index contributed by atoms with van der Waals surface area (Å²) < 4.78 is 13.1. The number of nitrogens with one attached hydrogen (secondary N) is 1. The van der Waals surface area contributed by atoms with Gasteiger partial charge in [-0.05, 0) is 61.4 Å². The number of aryl methyl sites for hydroxylation is 2. The van der Waals surface area contributed by atoms with Crippen molar-refractivity contribution in [2.45, 2.75) is 38.6 Å². The predicted octanol–water partition coefficient (Wildman–Crippen LogP) is 4.27. The van der Waals surface area contributed by atoms with Gasteiger partial charge in [0.1, 0.15) is 5.82 Å². The minimum atomic E-state index is -0.451. The molecule has 2 aromatic rings. The number of nitrogens with zero attached hydrogens (tertiary/aromatic N) is 1. The molecule has 0 bridgehead atoms. The molecule has 0 fully saturated rings. The van der Waals surface area contributed by atoms with Gasteiger partial charge >= 0.3 is 0 Å². The second-order valence-corrected chi connectivity index (χ2v) is 5.45. The molecular formula is C17H19FN2. The lowest BCUT2D eigenvalue weighted by Gasteiger charge is -2.20. The van der Waals surface area contributed by atoms with E-state index in [4.69, 9.17) is 0 Å². The van der Waals surface area contributed by atoms with Crippen molar-refractivity contribution in [3.8, 4) is 0 Å². The molecule has 1 aliphatic carbocycles. The van der Waals surface area contributed by atoms with E-state index in [2.05, 4.69) is 35.4 Å². The number of benzene rings is 1. The van der Waals surface area contributed by atoms with E-state index in [9.17, 15) is 4.39 Å². The fraction of sp³-hybridized carbons (Fsp3) is 0.353. The van der Waals surface area contributed by atoms with Crippen LogP contribution in [-0.4, -0.2) is 4.98 Å². The number of fused-ring (bicyclic) bond motifs is 1. The van der Waals surface area contributed by atoms with Crippen LogP contribution in [0, 0.1) is 5.95 Å². The minimum Gasteiger partial charge on any atom is -0.363 e. The molecule has 3 rings (SSSR count). The first kappa shape index (κ1) is 13.1. The van der Waals surface area contributed by atoms with E-state index in [0.717, 1.165) is 0 Å². The van der Waals surface area contributed by atoms with Crippen LogP contribution in [0.1, 0.15) is 42.5 Å². The van der Waals surface area contributed by atoms with Crippen LogP contribution in [0.5, 0.6) is 0 Å². The Morgan fingerprint density at radius 3 is 2.70 bits per heavy atom. The summed E-state index contributed by atoms with van der Waals surface area (Å²) in [5.74, 6) is 0.128. The van der Waals surface area contributed by atoms with Gasteiger partial charge in [0, 0.05) is 6.04 Å². The fourth-order valence-electron chi connectivity index (χ4n) is 2.82. The highest BCUT2D eigenvalue weighted by molar-refractivity contribution is 5.41. The fourth-order valence-corrected chi connectivity index (χ4v) is 2.82. The van der Waals surface area contributed by atoms with Crippen molar-refractivity contribution in [2.75, 3.05) is 5.32 Å². The van der Waals surface area contributed by atoms with Gasteiger partial charge in [-0.25, -0.2) is 4.98 Å². The largest absolute Gasteiger partial charge is 0.363 e. The molecule has 3 heteroatoms. The maximum absolute atomic E-state index is 13.1. The molecule has 0 saturated carbocycles. The van der Waals surface area contributed by atoms with Gasteiger partial charge in [0.15, 0.2) is 0 Å². The van der Waals surface area contributed by atoms with Crippen molar-refractivity contribution in [3.05, 3.63) is 59.0 Å². The monoisotopic (exact) mass is 270 g/mol. The Kier molecular flexibility index (Phi) is 3.68. The molecule has 1 aliphatic rings. The van der Waals surface area contributed by atoms with Gasteiger partial charge in [-0.3, -0.25) is 0 Å². The van der Waals surface area contributed by atoms with E-state index >= 15 is 0 Å². The zero-order valence-corrected chi connectivity index (χ0v) is 11.7. The Morgan fingerprint density at radius 2 is 1.90 bits per heavy atom. The number of hydrogen-bond acceptors (Lipinski definition) is 2. The second-order valence-electron chi connectivity index (χ2n) is 5.45. The van der Waals surface area contributed by atoms with E-state index in [1.165, 1.54) is 48.4 Å². The van der Waals surface area contributed by atoms with E-state index in [1.54, 1.807) is 12.1 Å². The third-order valence-electron chi connectivity index (χ3n) is 3.95.